The van der Waals surface area contributed by atoms with Gasteiger partial charge in [0.15, 0.2) is 0 Å². The number of halogens is 1. The van der Waals surface area contributed by atoms with Crippen LogP contribution in [0.4, 0.5) is 0 Å². The summed E-state index contributed by atoms with van der Waals surface area (Å²) in [7, 11) is 0. The Balaban J connectivity index is 1.91. The smallest absolute Gasteiger partial charge is 0.243 e. The van der Waals surface area contributed by atoms with Gasteiger partial charge < -0.3 is 10.2 Å². The average molecular weight is 521 g/mol. The molecular formula is C29H33BrN2O2. The molecule has 0 unspecified atom stereocenters. The molecule has 0 aliphatic carbocycles. The van der Waals surface area contributed by atoms with Gasteiger partial charge in [0, 0.05) is 29.9 Å². The SMILES string of the molecule is CC[C@H](C)NC(=O)[C@H](Cc1ccccc1)N(Cc1cccc(Br)c1)C(=O)CCc1ccccc1. The van der Waals surface area contributed by atoms with Crippen LogP contribution in [0.2, 0.25) is 0 Å². The molecule has 0 radical (unpaired) electrons. The van der Waals surface area contributed by atoms with E-state index in [1.54, 1.807) is 4.90 Å². The summed E-state index contributed by atoms with van der Waals surface area (Å²) in [5.74, 6) is -0.134. The molecule has 0 fully saturated rings. The number of benzene rings is 3. The number of aryl methyl sites for hydroxylation is 1. The maximum atomic E-state index is 13.6. The Labute approximate surface area is 211 Å². The van der Waals surface area contributed by atoms with Gasteiger partial charge in [0.25, 0.3) is 0 Å². The van der Waals surface area contributed by atoms with Crippen molar-refractivity contribution in [3.63, 3.8) is 0 Å². The van der Waals surface area contributed by atoms with Gasteiger partial charge in [-0.05, 0) is 48.6 Å². The standard InChI is InChI=1S/C29H33BrN2O2/c1-3-22(2)31-29(34)27(20-24-13-8-5-9-14-24)32(21-25-15-10-16-26(30)19-25)28(33)18-17-23-11-6-4-7-12-23/h4-16,19,22,27H,3,17-18,20-21H2,1-2H3,(H,31,34)/t22-,27-/m0/s1. The van der Waals surface area contributed by atoms with Crippen molar-refractivity contribution in [3.8, 4) is 0 Å². The highest BCUT2D eigenvalue weighted by Gasteiger charge is 2.30. The minimum atomic E-state index is -0.598. The number of carbonyl (C=O) groups excluding carboxylic acids is 2. The summed E-state index contributed by atoms with van der Waals surface area (Å²) in [5.41, 5.74) is 3.13. The lowest BCUT2D eigenvalue weighted by Crippen LogP contribution is -2.52. The van der Waals surface area contributed by atoms with E-state index >= 15 is 0 Å². The Morgan fingerprint density at radius 3 is 2.12 bits per heavy atom. The van der Waals surface area contributed by atoms with Gasteiger partial charge in [-0.1, -0.05) is 95.7 Å². The summed E-state index contributed by atoms with van der Waals surface area (Å²) >= 11 is 3.53. The van der Waals surface area contributed by atoms with E-state index in [-0.39, 0.29) is 17.9 Å². The second-order valence-corrected chi connectivity index (χ2v) is 9.58. The molecule has 4 nitrogen and oxygen atoms in total. The lowest BCUT2D eigenvalue weighted by Gasteiger charge is -2.32. The molecule has 3 aromatic carbocycles. The largest absolute Gasteiger partial charge is 0.352 e. The third kappa shape index (κ3) is 7.84. The van der Waals surface area contributed by atoms with Gasteiger partial charge in [0.2, 0.25) is 11.8 Å². The van der Waals surface area contributed by atoms with Crippen LogP contribution in [-0.4, -0.2) is 28.8 Å². The Bertz CT molecular complexity index is 1060. The molecule has 0 aromatic heterocycles. The van der Waals surface area contributed by atoms with Gasteiger partial charge in [0.05, 0.1) is 0 Å². The summed E-state index contributed by atoms with van der Waals surface area (Å²) in [5, 5.41) is 3.11. The quantitative estimate of drug-likeness (QED) is 0.340. The van der Waals surface area contributed by atoms with E-state index in [0.717, 1.165) is 27.6 Å². The predicted molar refractivity (Wildman–Crippen MR) is 141 cm³/mol. The van der Waals surface area contributed by atoms with Gasteiger partial charge in [-0.25, -0.2) is 0 Å². The van der Waals surface area contributed by atoms with E-state index < -0.39 is 6.04 Å². The predicted octanol–water partition coefficient (Wildman–Crippen LogP) is 5.94. The molecule has 34 heavy (non-hydrogen) atoms. The normalized spacial score (nSPS) is 12.6. The van der Waals surface area contributed by atoms with Gasteiger partial charge in [-0.3, -0.25) is 9.59 Å². The van der Waals surface area contributed by atoms with Crippen LogP contribution in [0.25, 0.3) is 0 Å². The molecule has 0 aliphatic rings. The molecule has 2 amide bonds. The van der Waals surface area contributed by atoms with E-state index in [4.69, 9.17) is 0 Å². The fourth-order valence-corrected chi connectivity index (χ4v) is 4.31. The second kappa shape index (κ2) is 13.1. The Morgan fingerprint density at radius 1 is 0.882 bits per heavy atom. The minimum Gasteiger partial charge on any atom is -0.352 e. The molecule has 1 N–H and O–H groups in total. The van der Waals surface area contributed by atoms with Crippen molar-refractivity contribution < 1.29 is 9.59 Å². The van der Waals surface area contributed by atoms with Crippen molar-refractivity contribution in [1.29, 1.82) is 0 Å². The van der Waals surface area contributed by atoms with Gasteiger partial charge >= 0.3 is 0 Å². The summed E-state index contributed by atoms with van der Waals surface area (Å²) < 4.78 is 0.949. The van der Waals surface area contributed by atoms with Crippen molar-refractivity contribution in [1.82, 2.24) is 10.2 Å². The molecule has 0 bridgehead atoms. The van der Waals surface area contributed by atoms with Crippen LogP contribution in [-0.2, 0) is 29.0 Å². The lowest BCUT2D eigenvalue weighted by molar-refractivity contribution is -0.141. The molecule has 0 saturated carbocycles. The fraction of sp³-hybridized carbons (Fsp3) is 0.310. The molecule has 0 spiro atoms. The van der Waals surface area contributed by atoms with Crippen molar-refractivity contribution in [2.75, 3.05) is 0 Å². The van der Waals surface area contributed by atoms with Gasteiger partial charge in [-0.2, -0.15) is 0 Å². The molecule has 0 heterocycles. The van der Waals surface area contributed by atoms with E-state index in [1.807, 2.05) is 98.8 Å². The number of rotatable bonds is 11. The number of hydrogen-bond donors (Lipinski definition) is 1. The topological polar surface area (TPSA) is 49.4 Å². The van der Waals surface area contributed by atoms with E-state index in [9.17, 15) is 9.59 Å². The van der Waals surface area contributed by atoms with Gasteiger partial charge in [0.1, 0.15) is 6.04 Å². The Kier molecular flexibility index (Phi) is 9.89. The maximum Gasteiger partial charge on any atom is 0.243 e. The highest BCUT2D eigenvalue weighted by molar-refractivity contribution is 9.10. The van der Waals surface area contributed by atoms with E-state index in [0.29, 0.717) is 25.8 Å². The number of nitrogens with zero attached hydrogens (tertiary/aromatic N) is 1. The van der Waals surface area contributed by atoms with Crippen molar-refractivity contribution in [3.05, 3.63) is 106 Å². The average Bonchev–Trinajstić information content (AvgIpc) is 2.85. The van der Waals surface area contributed by atoms with Crippen LogP contribution < -0.4 is 5.32 Å². The molecular weight excluding hydrogens is 488 g/mol. The lowest BCUT2D eigenvalue weighted by atomic mass is 10.0. The summed E-state index contributed by atoms with van der Waals surface area (Å²) in [4.78, 5) is 28.9. The van der Waals surface area contributed by atoms with Crippen molar-refractivity contribution >= 4 is 27.7 Å². The van der Waals surface area contributed by atoms with Crippen molar-refractivity contribution in [2.24, 2.45) is 0 Å². The summed E-state index contributed by atoms with van der Waals surface area (Å²) in [6.45, 7) is 4.41. The molecule has 2 atom stereocenters. The molecule has 3 rings (SSSR count). The summed E-state index contributed by atoms with van der Waals surface area (Å²) in [6, 6.07) is 27.3. The number of nitrogens with one attached hydrogen (secondary N) is 1. The Hall–Kier alpha value is -2.92. The van der Waals surface area contributed by atoms with Crippen LogP contribution in [0.1, 0.15) is 43.4 Å². The second-order valence-electron chi connectivity index (χ2n) is 8.66. The molecule has 0 saturated heterocycles. The highest BCUT2D eigenvalue weighted by Crippen LogP contribution is 2.19. The van der Waals surface area contributed by atoms with Crippen LogP contribution in [0.5, 0.6) is 0 Å². The van der Waals surface area contributed by atoms with E-state index in [2.05, 4.69) is 21.2 Å². The van der Waals surface area contributed by atoms with Crippen LogP contribution in [0.15, 0.2) is 89.4 Å². The Morgan fingerprint density at radius 2 is 1.50 bits per heavy atom. The zero-order chi connectivity index (χ0) is 24.3. The van der Waals surface area contributed by atoms with Crippen LogP contribution in [0.3, 0.4) is 0 Å². The highest BCUT2D eigenvalue weighted by atomic mass is 79.9. The minimum absolute atomic E-state index is 0.0240. The van der Waals surface area contributed by atoms with Crippen LogP contribution >= 0.6 is 15.9 Å². The number of hydrogen-bond acceptors (Lipinski definition) is 2. The third-order valence-electron chi connectivity index (χ3n) is 5.98. The monoisotopic (exact) mass is 520 g/mol. The van der Waals surface area contributed by atoms with Gasteiger partial charge in [-0.15, -0.1) is 0 Å². The molecule has 178 valence electrons. The first-order chi connectivity index (χ1) is 16.5. The fourth-order valence-electron chi connectivity index (χ4n) is 3.87. The molecule has 5 heteroatoms. The first-order valence-corrected chi connectivity index (χ1v) is 12.7. The van der Waals surface area contributed by atoms with E-state index in [1.165, 1.54) is 0 Å². The first-order valence-electron chi connectivity index (χ1n) is 11.9. The van der Waals surface area contributed by atoms with Crippen molar-refractivity contribution in [2.45, 2.75) is 58.2 Å². The first kappa shape index (κ1) is 25.7. The zero-order valence-electron chi connectivity index (χ0n) is 19.9. The number of carbonyl (C=O) groups is 2. The third-order valence-corrected chi connectivity index (χ3v) is 6.48. The maximum absolute atomic E-state index is 13.6. The number of amides is 2. The molecule has 0 aliphatic heterocycles. The zero-order valence-corrected chi connectivity index (χ0v) is 21.5. The summed E-state index contributed by atoms with van der Waals surface area (Å²) in [6.07, 6.45) is 2.28. The molecule has 3 aromatic rings. The van der Waals surface area contributed by atoms with Crippen LogP contribution in [0, 0.1) is 0 Å².